The van der Waals surface area contributed by atoms with E-state index in [9.17, 15) is 4.79 Å². The number of hydrogen-bond donors (Lipinski definition) is 1. The molecule has 0 spiro atoms. The highest BCUT2D eigenvalue weighted by Crippen LogP contribution is 2.25. The number of nitrogens with zero attached hydrogens (tertiary/aromatic N) is 3. The molecular formula is C13H22N4O. The van der Waals surface area contributed by atoms with E-state index in [2.05, 4.69) is 24.3 Å². The van der Waals surface area contributed by atoms with Crippen LogP contribution in [0, 0.1) is 0 Å². The van der Waals surface area contributed by atoms with Gasteiger partial charge < -0.3 is 10.2 Å². The molecular weight excluding hydrogens is 228 g/mol. The number of fused-ring (bicyclic) bond motifs is 1. The van der Waals surface area contributed by atoms with Crippen LogP contribution in [0.5, 0.6) is 0 Å². The van der Waals surface area contributed by atoms with Crippen LogP contribution in [-0.2, 0) is 13.1 Å². The predicted octanol–water partition coefficient (Wildman–Crippen LogP) is 1.20. The Morgan fingerprint density at radius 3 is 2.78 bits per heavy atom. The second-order valence-electron chi connectivity index (χ2n) is 5.32. The Hall–Kier alpha value is -1.36. The molecule has 0 saturated carbocycles. The van der Waals surface area contributed by atoms with Crippen LogP contribution >= 0.6 is 0 Å². The van der Waals surface area contributed by atoms with Gasteiger partial charge in [-0.25, -0.2) is 0 Å². The fourth-order valence-electron chi connectivity index (χ4n) is 2.42. The summed E-state index contributed by atoms with van der Waals surface area (Å²) in [5.41, 5.74) is 2.89. The van der Waals surface area contributed by atoms with E-state index in [0.717, 1.165) is 31.6 Å². The molecule has 2 rings (SSSR count). The Kier molecular flexibility index (Phi) is 3.71. The zero-order chi connectivity index (χ0) is 13.3. The van der Waals surface area contributed by atoms with Gasteiger partial charge in [0, 0.05) is 32.7 Å². The lowest BCUT2D eigenvalue weighted by Gasteiger charge is -2.12. The number of aromatic nitrogens is 2. The molecule has 5 nitrogen and oxygen atoms in total. The van der Waals surface area contributed by atoms with Crippen LogP contribution in [0.15, 0.2) is 0 Å². The molecule has 1 amide bonds. The van der Waals surface area contributed by atoms with Crippen LogP contribution in [-0.4, -0.2) is 41.2 Å². The van der Waals surface area contributed by atoms with Crippen molar-refractivity contribution in [3.63, 3.8) is 0 Å². The van der Waals surface area contributed by atoms with E-state index < -0.39 is 0 Å². The van der Waals surface area contributed by atoms with Crippen molar-refractivity contribution in [2.45, 2.75) is 39.3 Å². The quantitative estimate of drug-likeness (QED) is 0.858. The van der Waals surface area contributed by atoms with Crippen LogP contribution in [0.1, 0.15) is 47.9 Å². The van der Waals surface area contributed by atoms with Crippen molar-refractivity contribution < 1.29 is 4.79 Å². The standard InChI is InChI=1S/C13H22N4O/c1-9(2)11-10-8-14-6-5-7-17(10)15-12(11)13(18)16(3)4/h9,14H,5-8H2,1-4H3. The lowest BCUT2D eigenvalue weighted by atomic mass is 9.99. The number of amides is 1. The number of carbonyl (C=O) groups is 1. The fourth-order valence-corrected chi connectivity index (χ4v) is 2.42. The summed E-state index contributed by atoms with van der Waals surface area (Å²) in [5, 5.41) is 7.93. The minimum Gasteiger partial charge on any atom is -0.343 e. The number of nitrogens with one attached hydrogen (secondary N) is 1. The van der Waals surface area contributed by atoms with Crippen LogP contribution in [0.2, 0.25) is 0 Å². The van der Waals surface area contributed by atoms with E-state index in [4.69, 9.17) is 0 Å². The van der Waals surface area contributed by atoms with Crippen LogP contribution in [0.25, 0.3) is 0 Å². The first kappa shape index (κ1) is 13.1. The lowest BCUT2D eigenvalue weighted by molar-refractivity contribution is 0.0819. The van der Waals surface area contributed by atoms with Gasteiger partial charge in [0.1, 0.15) is 0 Å². The predicted molar refractivity (Wildman–Crippen MR) is 70.7 cm³/mol. The number of aryl methyl sites for hydroxylation is 1. The Morgan fingerprint density at radius 1 is 1.44 bits per heavy atom. The van der Waals surface area contributed by atoms with Gasteiger partial charge in [0.15, 0.2) is 5.69 Å². The summed E-state index contributed by atoms with van der Waals surface area (Å²) < 4.78 is 2.01. The maximum atomic E-state index is 12.2. The highest BCUT2D eigenvalue weighted by atomic mass is 16.2. The monoisotopic (exact) mass is 250 g/mol. The third-order valence-corrected chi connectivity index (χ3v) is 3.30. The van der Waals surface area contributed by atoms with Crippen LogP contribution in [0.4, 0.5) is 0 Å². The summed E-state index contributed by atoms with van der Waals surface area (Å²) in [6.07, 6.45) is 1.06. The summed E-state index contributed by atoms with van der Waals surface area (Å²) in [7, 11) is 3.55. The zero-order valence-corrected chi connectivity index (χ0v) is 11.7. The molecule has 2 heterocycles. The molecule has 0 radical (unpaired) electrons. The number of hydrogen-bond acceptors (Lipinski definition) is 3. The molecule has 0 aliphatic carbocycles. The second kappa shape index (κ2) is 5.10. The smallest absolute Gasteiger partial charge is 0.274 e. The number of carbonyl (C=O) groups excluding carboxylic acids is 1. The van der Waals surface area contributed by atoms with Crippen LogP contribution < -0.4 is 5.32 Å². The molecule has 100 valence electrons. The van der Waals surface area contributed by atoms with E-state index >= 15 is 0 Å². The van der Waals surface area contributed by atoms with Crippen molar-refractivity contribution in [2.75, 3.05) is 20.6 Å². The van der Waals surface area contributed by atoms with Crippen molar-refractivity contribution in [1.29, 1.82) is 0 Å². The van der Waals surface area contributed by atoms with Crippen molar-refractivity contribution >= 4 is 5.91 Å². The highest BCUT2D eigenvalue weighted by Gasteiger charge is 2.26. The van der Waals surface area contributed by atoms with E-state index in [1.807, 2.05) is 4.68 Å². The zero-order valence-electron chi connectivity index (χ0n) is 11.7. The first-order valence-corrected chi connectivity index (χ1v) is 6.54. The van der Waals surface area contributed by atoms with Gasteiger partial charge in [-0.1, -0.05) is 13.8 Å². The molecule has 1 aliphatic heterocycles. The molecule has 0 unspecified atom stereocenters. The third-order valence-electron chi connectivity index (χ3n) is 3.30. The minimum absolute atomic E-state index is 0.000673. The van der Waals surface area contributed by atoms with Crippen molar-refractivity contribution in [1.82, 2.24) is 20.0 Å². The third kappa shape index (κ3) is 2.27. The normalized spacial score (nSPS) is 15.4. The van der Waals surface area contributed by atoms with Crippen molar-refractivity contribution in [3.8, 4) is 0 Å². The van der Waals surface area contributed by atoms with Gasteiger partial charge >= 0.3 is 0 Å². The van der Waals surface area contributed by atoms with Gasteiger partial charge in [0.2, 0.25) is 0 Å². The van der Waals surface area contributed by atoms with Gasteiger partial charge in [0.05, 0.1) is 5.69 Å². The van der Waals surface area contributed by atoms with Gasteiger partial charge in [-0.3, -0.25) is 9.48 Å². The first-order valence-electron chi connectivity index (χ1n) is 6.54. The molecule has 0 bridgehead atoms. The van der Waals surface area contributed by atoms with E-state index in [0.29, 0.717) is 11.6 Å². The molecule has 1 aliphatic rings. The fraction of sp³-hybridized carbons (Fsp3) is 0.692. The van der Waals surface area contributed by atoms with Gasteiger partial charge in [-0.05, 0) is 18.9 Å². The first-order chi connectivity index (χ1) is 8.52. The number of rotatable bonds is 2. The SMILES string of the molecule is CC(C)c1c(C(=O)N(C)C)nn2c1CNCCC2. The van der Waals surface area contributed by atoms with Gasteiger partial charge in [-0.2, -0.15) is 5.10 Å². The topological polar surface area (TPSA) is 50.2 Å². The van der Waals surface area contributed by atoms with E-state index in [1.54, 1.807) is 19.0 Å². The Bertz CT molecular complexity index is 448. The Balaban J connectivity index is 2.50. The molecule has 1 aromatic rings. The molecule has 18 heavy (non-hydrogen) atoms. The molecule has 0 fully saturated rings. The second-order valence-corrected chi connectivity index (χ2v) is 5.32. The summed E-state index contributed by atoms with van der Waals surface area (Å²) in [4.78, 5) is 13.8. The average molecular weight is 250 g/mol. The molecule has 1 N–H and O–H groups in total. The lowest BCUT2D eigenvalue weighted by Crippen LogP contribution is -2.24. The van der Waals surface area contributed by atoms with Crippen molar-refractivity contribution in [2.24, 2.45) is 0 Å². The molecule has 0 aromatic carbocycles. The van der Waals surface area contributed by atoms with Gasteiger partial charge in [0.25, 0.3) is 5.91 Å². The highest BCUT2D eigenvalue weighted by molar-refractivity contribution is 5.93. The molecule has 0 atom stereocenters. The molecule has 1 aromatic heterocycles. The molecule has 5 heteroatoms. The summed E-state index contributed by atoms with van der Waals surface area (Å²) in [6, 6.07) is 0. The molecule has 0 saturated heterocycles. The van der Waals surface area contributed by atoms with E-state index in [-0.39, 0.29) is 5.91 Å². The van der Waals surface area contributed by atoms with Gasteiger partial charge in [-0.15, -0.1) is 0 Å². The maximum Gasteiger partial charge on any atom is 0.274 e. The maximum absolute atomic E-state index is 12.2. The summed E-state index contributed by atoms with van der Waals surface area (Å²) >= 11 is 0. The van der Waals surface area contributed by atoms with E-state index in [1.165, 1.54) is 5.69 Å². The Labute approximate surface area is 108 Å². The average Bonchev–Trinajstić information content (AvgIpc) is 2.52. The largest absolute Gasteiger partial charge is 0.343 e. The summed E-state index contributed by atoms with van der Waals surface area (Å²) in [5.74, 6) is 0.312. The van der Waals surface area contributed by atoms with Crippen LogP contribution in [0.3, 0.4) is 0 Å². The van der Waals surface area contributed by atoms with Crippen molar-refractivity contribution in [3.05, 3.63) is 17.0 Å². The Morgan fingerprint density at radius 2 is 2.17 bits per heavy atom. The minimum atomic E-state index is -0.000673. The summed E-state index contributed by atoms with van der Waals surface area (Å²) in [6.45, 7) is 6.95.